The van der Waals surface area contributed by atoms with Gasteiger partial charge in [-0.2, -0.15) is 0 Å². The van der Waals surface area contributed by atoms with Gasteiger partial charge in [-0.1, -0.05) is 0 Å². The van der Waals surface area contributed by atoms with Gasteiger partial charge in [0.05, 0.1) is 0 Å². The molecule has 0 amide bonds. The Kier molecular flexibility index (Phi) is 3.51. The number of rotatable bonds is 4. The molecule has 1 saturated heterocycles. The molecule has 1 aromatic rings. The topological polar surface area (TPSA) is 76.2 Å². The van der Waals surface area contributed by atoms with Crippen molar-refractivity contribution >= 4 is 11.6 Å². The summed E-state index contributed by atoms with van der Waals surface area (Å²) < 4.78 is 1.90. The number of aryl methyl sites for hydroxylation is 1. The summed E-state index contributed by atoms with van der Waals surface area (Å²) in [5, 5.41) is 14.4. The molecule has 7 heteroatoms. The van der Waals surface area contributed by atoms with Gasteiger partial charge in [-0.15, -0.1) is 0 Å². The fourth-order valence-electron chi connectivity index (χ4n) is 2.53. The highest BCUT2D eigenvalue weighted by Crippen LogP contribution is 2.30. The van der Waals surface area contributed by atoms with Gasteiger partial charge in [0.25, 0.3) is 0 Å². The van der Waals surface area contributed by atoms with E-state index < -0.39 is 4.92 Å². The smallest absolute Gasteiger partial charge is 0.358 e. The molecule has 0 saturated carbocycles. The van der Waals surface area contributed by atoms with Gasteiger partial charge in [0.2, 0.25) is 11.6 Å². The van der Waals surface area contributed by atoms with Gasteiger partial charge in [0.15, 0.2) is 0 Å². The summed E-state index contributed by atoms with van der Waals surface area (Å²) in [5.41, 5.74) is 0. The van der Waals surface area contributed by atoms with Gasteiger partial charge < -0.3 is 20.3 Å². The molecule has 2 heterocycles. The molecule has 1 fully saturated rings. The third-order valence-electron chi connectivity index (χ3n) is 3.52. The Hall–Kier alpha value is -1.63. The molecule has 1 atom stereocenters. The van der Waals surface area contributed by atoms with Crippen LogP contribution in [0.15, 0.2) is 0 Å². The second-order valence-electron chi connectivity index (χ2n) is 4.57. The van der Waals surface area contributed by atoms with E-state index >= 15 is 0 Å². The lowest BCUT2D eigenvalue weighted by Gasteiger charge is -2.25. The molecular formula is C11H19N5O2. The lowest BCUT2D eigenvalue weighted by atomic mass is 10.2. The van der Waals surface area contributed by atoms with Gasteiger partial charge in [0, 0.05) is 33.1 Å². The van der Waals surface area contributed by atoms with Crippen molar-refractivity contribution in [3.8, 4) is 0 Å². The zero-order valence-corrected chi connectivity index (χ0v) is 11.0. The number of likely N-dealkylation sites (N-methyl/N-ethyl adjacent to an activating group) is 1. The Labute approximate surface area is 106 Å². The Morgan fingerprint density at radius 2 is 2.39 bits per heavy atom. The molecule has 0 aliphatic carbocycles. The summed E-state index contributed by atoms with van der Waals surface area (Å²) in [4.78, 5) is 16.8. The molecule has 7 nitrogen and oxygen atoms in total. The highest BCUT2D eigenvalue weighted by atomic mass is 16.6. The molecular weight excluding hydrogens is 234 g/mol. The average molecular weight is 253 g/mol. The standard InChI is InChI=1S/C11H19N5O2/c1-4-15-8(2)13-10(16(17)18)11(15)14(3)9-5-6-12-7-9/h9,12H,4-7H2,1-3H3. The summed E-state index contributed by atoms with van der Waals surface area (Å²) in [7, 11) is 1.91. The van der Waals surface area contributed by atoms with E-state index in [4.69, 9.17) is 0 Å². The van der Waals surface area contributed by atoms with E-state index in [0.717, 1.165) is 19.5 Å². The molecule has 1 aromatic heterocycles. The van der Waals surface area contributed by atoms with Gasteiger partial charge in [-0.05, 0) is 29.8 Å². The van der Waals surface area contributed by atoms with E-state index in [0.29, 0.717) is 24.2 Å². The molecule has 0 aromatic carbocycles. The summed E-state index contributed by atoms with van der Waals surface area (Å²) >= 11 is 0. The first-order valence-electron chi connectivity index (χ1n) is 6.21. The van der Waals surface area contributed by atoms with Gasteiger partial charge in [-0.3, -0.25) is 4.57 Å². The average Bonchev–Trinajstić information content (AvgIpc) is 2.94. The third-order valence-corrected chi connectivity index (χ3v) is 3.52. The van der Waals surface area contributed by atoms with Crippen LogP contribution in [0.3, 0.4) is 0 Å². The molecule has 1 N–H and O–H groups in total. The monoisotopic (exact) mass is 253 g/mol. The van der Waals surface area contributed by atoms with Crippen LogP contribution in [0.4, 0.5) is 11.6 Å². The van der Waals surface area contributed by atoms with E-state index in [1.807, 2.05) is 23.4 Å². The molecule has 1 aliphatic rings. The largest absolute Gasteiger partial charge is 0.406 e. The first kappa shape index (κ1) is 12.8. The van der Waals surface area contributed by atoms with Crippen LogP contribution in [0.25, 0.3) is 0 Å². The fraction of sp³-hybridized carbons (Fsp3) is 0.727. The Balaban J connectivity index is 2.42. The van der Waals surface area contributed by atoms with Crippen LogP contribution in [-0.4, -0.2) is 40.7 Å². The summed E-state index contributed by atoms with van der Waals surface area (Å²) in [5.74, 6) is 1.27. The van der Waals surface area contributed by atoms with Crippen LogP contribution >= 0.6 is 0 Å². The van der Waals surface area contributed by atoms with Crippen molar-refractivity contribution in [2.45, 2.75) is 32.9 Å². The number of nitro groups is 1. The SMILES string of the molecule is CCn1c(C)nc([N+](=O)[O-])c1N(C)C1CCNC1. The second-order valence-corrected chi connectivity index (χ2v) is 4.57. The van der Waals surface area contributed by atoms with E-state index in [1.165, 1.54) is 0 Å². The first-order chi connectivity index (χ1) is 8.56. The van der Waals surface area contributed by atoms with Crippen molar-refractivity contribution in [2.24, 2.45) is 0 Å². The van der Waals surface area contributed by atoms with Crippen LogP contribution in [0.5, 0.6) is 0 Å². The highest BCUT2D eigenvalue weighted by Gasteiger charge is 2.31. The molecule has 18 heavy (non-hydrogen) atoms. The summed E-state index contributed by atoms with van der Waals surface area (Å²) in [6.45, 7) is 6.29. The summed E-state index contributed by atoms with van der Waals surface area (Å²) in [6.07, 6.45) is 1.00. The maximum atomic E-state index is 11.1. The Bertz CT molecular complexity index is 451. The lowest BCUT2D eigenvalue weighted by Crippen LogP contribution is -2.35. The van der Waals surface area contributed by atoms with Crippen molar-refractivity contribution in [3.63, 3.8) is 0 Å². The molecule has 1 unspecified atom stereocenters. The summed E-state index contributed by atoms with van der Waals surface area (Å²) in [6, 6.07) is 0.296. The molecule has 0 radical (unpaired) electrons. The number of aromatic nitrogens is 2. The highest BCUT2D eigenvalue weighted by molar-refractivity contribution is 5.56. The van der Waals surface area contributed by atoms with E-state index in [2.05, 4.69) is 10.3 Å². The van der Waals surface area contributed by atoms with Crippen LogP contribution in [-0.2, 0) is 6.54 Å². The number of hydrogen-bond donors (Lipinski definition) is 1. The number of anilines is 1. The van der Waals surface area contributed by atoms with Crippen LogP contribution in [0.1, 0.15) is 19.2 Å². The van der Waals surface area contributed by atoms with E-state index in [9.17, 15) is 10.1 Å². The molecule has 1 aliphatic heterocycles. The molecule has 100 valence electrons. The zero-order valence-electron chi connectivity index (χ0n) is 11.0. The van der Waals surface area contributed by atoms with E-state index in [-0.39, 0.29) is 5.82 Å². The van der Waals surface area contributed by atoms with Crippen LogP contribution in [0, 0.1) is 17.0 Å². The van der Waals surface area contributed by atoms with Crippen molar-refractivity contribution < 1.29 is 4.92 Å². The minimum atomic E-state index is -0.395. The predicted molar refractivity (Wildman–Crippen MR) is 69.0 cm³/mol. The van der Waals surface area contributed by atoms with Crippen molar-refractivity contribution in [1.82, 2.24) is 14.9 Å². The number of imidazole rings is 1. The van der Waals surface area contributed by atoms with Gasteiger partial charge in [0.1, 0.15) is 0 Å². The van der Waals surface area contributed by atoms with Crippen LogP contribution < -0.4 is 10.2 Å². The van der Waals surface area contributed by atoms with Crippen molar-refractivity contribution in [2.75, 3.05) is 25.0 Å². The fourth-order valence-corrected chi connectivity index (χ4v) is 2.53. The van der Waals surface area contributed by atoms with Crippen molar-refractivity contribution in [1.29, 1.82) is 0 Å². The minimum absolute atomic E-state index is 0.0382. The van der Waals surface area contributed by atoms with Gasteiger partial charge >= 0.3 is 5.82 Å². The minimum Gasteiger partial charge on any atom is -0.358 e. The first-order valence-corrected chi connectivity index (χ1v) is 6.21. The van der Waals surface area contributed by atoms with Crippen molar-refractivity contribution in [3.05, 3.63) is 15.9 Å². The zero-order chi connectivity index (χ0) is 13.3. The number of hydrogen-bond acceptors (Lipinski definition) is 5. The number of nitrogens with one attached hydrogen (secondary N) is 1. The molecule has 2 rings (SSSR count). The molecule has 0 spiro atoms. The van der Waals surface area contributed by atoms with Gasteiger partial charge in [-0.25, -0.2) is 0 Å². The normalized spacial score (nSPS) is 19.2. The lowest BCUT2D eigenvalue weighted by molar-refractivity contribution is -0.388. The second kappa shape index (κ2) is 4.93. The number of nitrogens with zero attached hydrogens (tertiary/aromatic N) is 4. The maximum absolute atomic E-state index is 11.1. The Morgan fingerprint density at radius 3 is 2.89 bits per heavy atom. The predicted octanol–water partition coefficient (Wildman–Crippen LogP) is 0.918. The van der Waals surface area contributed by atoms with E-state index in [1.54, 1.807) is 6.92 Å². The third kappa shape index (κ3) is 2.05. The Morgan fingerprint density at radius 1 is 1.67 bits per heavy atom. The quantitative estimate of drug-likeness (QED) is 0.637. The van der Waals surface area contributed by atoms with Crippen LogP contribution in [0.2, 0.25) is 0 Å². The molecule has 0 bridgehead atoms. The maximum Gasteiger partial charge on any atom is 0.406 e.